The summed E-state index contributed by atoms with van der Waals surface area (Å²) in [6.07, 6.45) is 2.41. The number of carbonyl (C=O) groups is 2. The number of hydrogen-bond donors (Lipinski definition) is 2. The van der Waals surface area contributed by atoms with E-state index in [4.69, 9.17) is 0 Å². The fraction of sp³-hybridized carbons (Fsp3) is 0.467. The van der Waals surface area contributed by atoms with E-state index in [-0.39, 0.29) is 11.9 Å². The standard InChI is InChI=1S/C15H19N3O2/c19-14(16-8-11-6-7-11)13-10-18(15(20)17-13)9-12-4-2-1-3-5-12/h1-5,11,13H,6-10H2,(H,16,19)(H,17,20). The van der Waals surface area contributed by atoms with Crippen LogP contribution in [0.5, 0.6) is 0 Å². The normalized spacial score (nSPS) is 21.7. The Morgan fingerprint density at radius 2 is 2.05 bits per heavy atom. The lowest BCUT2D eigenvalue weighted by molar-refractivity contribution is -0.122. The number of nitrogens with zero attached hydrogens (tertiary/aromatic N) is 1. The lowest BCUT2D eigenvalue weighted by Gasteiger charge is -2.14. The average Bonchev–Trinajstić information content (AvgIpc) is 3.22. The zero-order valence-electron chi connectivity index (χ0n) is 11.3. The molecule has 2 fully saturated rings. The highest BCUT2D eigenvalue weighted by atomic mass is 16.2. The number of benzene rings is 1. The molecule has 0 radical (unpaired) electrons. The number of nitrogens with one attached hydrogen (secondary N) is 2. The Kier molecular flexibility index (Phi) is 3.58. The molecule has 5 heteroatoms. The minimum absolute atomic E-state index is 0.0687. The van der Waals surface area contributed by atoms with Gasteiger partial charge < -0.3 is 15.5 Å². The van der Waals surface area contributed by atoms with Crippen molar-refractivity contribution in [2.45, 2.75) is 25.4 Å². The summed E-state index contributed by atoms with van der Waals surface area (Å²) in [6, 6.07) is 9.21. The van der Waals surface area contributed by atoms with Crippen molar-refractivity contribution in [1.29, 1.82) is 0 Å². The first-order valence-corrected chi connectivity index (χ1v) is 7.09. The number of amides is 3. The van der Waals surface area contributed by atoms with Gasteiger partial charge >= 0.3 is 6.03 Å². The molecule has 20 heavy (non-hydrogen) atoms. The minimum Gasteiger partial charge on any atom is -0.354 e. The number of rotatable bonds is 5. The van der Waals surface area contributed by atoms with Gasteiger partial charge in [-0.25, -0.2) is 4.79 Å². The van der Waals surface area contributed by atoms with Crippen LogP contribution in [0.4, 0.5) is 4.79 Å². The first-order chi connectivity index (χ1) is 9.72. The molecule has 3 rings (SSSR count). The summed E-state index contributed by atoms with van der Waals surface area (Å²) in [5.41, 5.74) is 1.07. The van der Waals surface area contributed by atoms with E-state index in [2.05, 4.69) is 10.6 Å². The highest BCUT2D eigenvalue weighted by Crippen LogP contribution is 2.27. The summed E-state index contributed by atoms with van der Waals surface area (Å²) < 4.78 is 0. The average molecular weight is 273 g/mol. The van der Waals surface area contributed by atoms with Crippen molar-refractivity contribution >= 4 is 11.9 Å². The second-order valence-corrected chi connectivity index (χ2v) is 5.56. The molecular weight excluding hydrogens is 254 g/mol. The first-order valence-electron chi connectivity index (χ1n) is 7.09. The van der Waals surface area contributed by atoms with Crippen molar-refractivity contribution in [2.75, 3.05) is 13.1 Å². The monoisotopic (exact) mass is 273 g/mol. The predicted octanol–water partition coefficient (Wildman–Crippen LogP) is 1.11. The molecule has 2 N–H and O–H groups in total. The molecule has 3 amide bonds. The van der Waals surface area contributed by atoms with E-state index in [0.29, 0.717) is 19.0 Å². The Bertz CT molecular complexity index is 499. The second kappa shape index (κ2) is 5.53. The van der Waals surface area contributed by atoms with E-state index < -0.39 is 6.04 Å². The van der Waals surface area contributed by atoms with Crippen LogP contribution in [-0.2, 0) is 11.3 Å². The van der Waals surface area contributed by atoms with Crippen LogP contribution >= 0.6 is 0 Å². The van der Waals surface area contributed by atoms with Crippen LogP contribution in [0.1, 0.15) is 18.4 Å². The molecule has 0 bridgehead atoms. The van der Waals surface area contributed by atoms with Gasteiger partial charge in [-0.2, -0.15) is 0 Å². The highest BCUT2D eigenvalue weighted by molar-refractivity contribution is 5.90. The highest BCUT2D eigenvalue weighted by Gasteiger charge is 2.34. The van der Waals surface area contributed by atoms with Crippen LogP contribution in [0.15, 0.2) is 30.3 Å². The van der Waals surface area contributed by atoms with E-state index in [1.54, 1.807) is 4.90 Å². The van der Waals surface area contributed by atoms with Crippen molar-refractivity contribution in [3.05, 3.63) is 35.9 Å². The molecule has 1 unspecified atom stereocenters. The van der Waals surface area contributed by atoms with Gasteiger partial charge in [0.1, 0.15) is 6.04 Å². The Balaban J connectivity index is 1.53. The van der Waals surface area contributed by atoms with Crippen molar-refractivity contribution in [3.8, 4) is 0 Å². The van der Waals surface area contributed by atoms with Gasteiger partial charge in [-0.15, -0.1) is 0 Å². The molecule has 1 aromatic rings. The number of urea groups is 1. The molecule has 2 aliphatic rings. The molecule has 1 atom stereocenters. The molecular formula is C15H19N3O2. The molecule has 1 saturated heterocycles. The number of hydrogen-bond acceptors (Lipinski definition) is 2. The largest absolute Gasteiger partial charge is 0.354 e. The Labute approximate surface area is 118 Å². The van der Waals surface area contributed by atoms with Crippen LogP contribution < -0.4 is 10.6 Å². The van der Waals surface area contributed by atoms with E-state index in [0.717, 1.165) is 12.1 Å². The van der Waals surface area contributed by atoms with Crippen molar-refractivity contribution < 1.29 is 9.59 Å². The second-order valence-electron chi connectivity index (χ2n) is 5.56. The summed E-state index contributed by atoms with van der Waals surface area (Å²) in [7, 11) is 0. The summed E-state index contributed by atoms with van der Waals surface area (Å²) in [5, 5.41) is 5.65. The molecule has 1 heterocycles. The fourth-order valence-electron chi connectivity index (χ4n) is 2.37. The van der Waals surface area contributed by atoms with Gasteiger partial charge in [0.15, 0.2) is 0 Å². The molecule has 1 aliphatic heterocycles. The lowest BCUT2D eigenvalue weighted by Crippen LogP contribution is -2.43. The summed E-state index contributed by atoms with van der Waals surface area (Å²) in [5.74, 6) is 0.581. The summed E-state index contributed by atoms with van der Waals surface area (Å²) in [4.78, 5) is 25.5. The molecule has 5 nitrogen and oxygen atoms in total. The van der Waals surface area contributed by atoms with Crippen LogP contribution in [0.25, 0.3) is 0 Å². The van der Waals surface area contributed by atoms with Crippen LogP contribution in [0.3, 0.4) is 0 Å². The third kappa shape index (κ3) is 3.10. The van der Waals surface area contributed by atoms with Gasteiger partial charge in [0.25, 0.3) is 0 Å². The van der Waals surface area contributed by atoms with Crippen molar-refractivity contribution in [2.24, 2.45) is 5.92 Å². The lowest BCUT2D eigenvalue weighted by atomic mass is 10.2. The Morgan fingerprint density at radius 3 is 2.75 bits per heavy atom. The van der Waals surface area contributed by atoms with E-state index in [1.165, 1.54) is 12.8 Å². The van der Waals surface area contributed by atoms with E-state index in [9.17, 15) is 9.59 Å². The smallest absolute Gasteiger partial charge is 0.318 e. The molecule has 106 valence electrons. The zero-order chi connectivity index (χ0) is 13.9. The fourth-order valence-corrected chi connectivity index (χ4v) is 2.37. The first kappa shape index (κ1) is 13.0. The molecule has 0 aromatic heterocycles. The minimum atomic E-state index is -0.426. The molecule has 1 saturated carbocycles. The van der Waals surface area contributed by atoms with Gasteiger partial charge in [0.05, 0.1) is 6.54 Å². The Hall–Kier alpha value is -2.04. The van der Waals surface area contributed by atoms with Crippen LogP contribution in [0.2, 0.25) is 0 Å². The van der Waals surface area contributed by atoms with Gasteiger partial charge in [-0.3, -0.25) is 4.79 Å². The summed E-state index contributed by atoms with van der Waals surface area (Å²) >= 11 is 0. The van der Waals surface area contributed by atoms with E-state index >= 15 is 0 Å². The van der Waals surface area contributed by atoms with Gasteiger partial charge in [0, 0.05) is 13.1 Å². The third-order valence-corrected chi connectivity index (χ3v) is 3.78. The van der Waals surface area contributed by atoms with Gasteiger partial charge in [-0.1, -0.05) is 30.3 Å². The third-order valence-electron chi connectivity index (χ3n) is 3.78. The van der Waals surface area contributed by atoms with Crippen LogP contribution in [0, 0.1) is 5.92 Å². The molecule has 1 aliphatic carbocycles. The maximum Gasteiger partial charge on any atom is 0.318 e. The quantitative estimate of drug-likeness (QED) is 0.844. The maximum atomic E-state index is 12.0. The SMILES string of the molecule is O=C(NCC1CC1)C1CN(Cc2ccccc2)C(=O)N1. The van der Waals surface area contributed by atoms with Crippen molar-refractivity contribution in [3.63, 3.8) is 0 Å². The van der Waals surface area contributed by atoms with Crippen molar-refractivity contribution in [1.82, 2.24) is 15.5 Å². The Morgan fingerprint density at radius 1 is 1.30 bits per heavy atom. The molecule has 1 aromatic carbocycles. The predicted molar refractivity (Wildman–Crippen MR) is 74.9 cm³/mol. The molecule has 0 spiro atoms. The number of carbonyl (C=O) groups excluding carboxylic acids is 2. The van der Waals surface area contributed by atoms with Gasteiger partial charge in [0.2, 0.25) is 5.91 Å². The summed E-state index contributed by atoms with van der Waals surface area (Å²) in [6.45, 7) is 1.72. The van der Waals surface area contributed by atoms with Crippen LogP contribution in [-0.4, -0.2) is 36.0 Å². The van der Waals surface area contributed by atoms with Gasteiger partial charge in [-0.05, 0) is 24.3 Å². The zero-order valence-corrected chi connectivity index (χ0v) is 11.3. The topological polar surface area (TPSA) is 61.4 Å². The van der Waals surface area contributed by atoms with E-state index in [1.807, 2.05) is 30.3 Å². The maximum absolute atomic E-state index is 12.0.